The number of hydrogen-bond acceptors (Lipinski definition) is 0. The molecule has 0 N–H and O–H groups in total. The molecule has 2 heteroatoms. The topological polar surface area (TPSA) is 0 Å². The van der Waals surface area contributed by atoms with Gasteiger partial charge < -0.3 is 0 Å². The molecule has 0 heterocycles. The summed E-state index contributed by atoms with van der Waals surface area (Å²) < 4.78 is 0. The van der Waals surface area contributed by atoms with Crippen LogP contribution in [0.25, 0.3) is 0 Å². The Morgan fingerprint density at radius 1 is 1.18 bits per heavy atom. The Bertz CT molecular complexity index is 111. The van der Waals surface area contributed by atoms with Crippen LogP contribution in [0.2, 0.25) is 37.8 Å². The molecule has 0 rings (SSSR count). The summed E-state index contributed by atoms with van der Waals surface area (Å²) in [6.07, 6.45) is 4.75. The molecule has 0 aliphatic heterocycles. The van der Waals surface area contributed by atoms with Crippen molar-refractivity contribution >= 4 is 17.6 Å². The van der Waals surface area contributed by atoms with Gasteiger partial charge in [0.2, 0.25) is 0 Å². The highest BCUT2D eigenvalue weighted by atomic mass is 28.3. The van der Waals surface area contributed by atoms with E-state index in [4.69, 9.17) is 0 Å². The van der Waals surface area contributed by atoms with Crippen LogP contribution in [0.1, 0.15) is 6.92 Å². The van der Waals surface area contributed by atoms with Crippen molar-refractivity contribution in [1.29, 1.82) is 0 Å². The fourth-order valence-electron chi connectivity index (χ4n) is 0.748. The molecule has 11 heavy (non-hydrogen) atoms. The fourth-order valence-corrected chi connectivity index (χ4v) is 2.24. The monoisotopic (exact) mass is 184 g/mol. The number of rotatable bonds is 5. The SMILES string of the molecule is CC[Si]C/C=C\C[Si](C)(C)C. The molecule has 0 atom stereocenters. The molecule has 0 unspecified atom stereocenters. The van der Waals surface area contributed by atoms with Crippen molar-refractivity contribution in [3.63, 3.8) is 0 Å². The molecule has 0 aromatic rings. The van der Waals surface area contributed by atoms with E-state index >= 15 is 0 Å². The highest BCUT2D eigenvalue weighted by molar-refractivity contribution is 6.76. The Balaban J connectivity index is 3.30. The van der Waals surface area contributed by atoms with E-state index in [1.165, 1.54) is 18.1 Å². The summed E-state index contributed by atoms with van der Waals surface area (Å²) in [5, 5.41) is 0. The summed E-state index contributed by atoms with van der Waals surface area (Å²) >= 11 is 0. The van der Waals surface area contributed by atoms with Crippen LogP contribution < -0.4 is 0 Å². The first-order valence-corrected chi connectivity index (χ1v) is 9.54. The minimum atomic E-state index is -0.801. The molecule has 0 amide bonds. The maximum atomic E-state index is 2.42. The lowest BCUT2D eigenvalue weighted by Gasteiger charge is -2.11. The van der Waals surface area contributed by atoms with Gasteiger partial charge in [-0.1, -0.05) is 44.8 Å². The van der Waals surface area contributed by atoms with Crippen LogP contribution in [-0.4, -0.2) is 17.6 Å². The number of allylic oxidation sites excluding steroid dienone is 2. The van der Waals surface area contributed by atoms with Gasteiger partial charge in [-0.3, -0.25) is 0 Å². The molecule has 0 aliphatic rings. The quantitative estimate of drug-likeness (QED) is 0.349. The first-order chi connectivity index (χ1) is 5.06. The first-order valence-electron chi connectivity index (χ1n) is 4.42. The fraction of sp³-hybridized carbons (Fsp3) is 0.778. The molecule has 0 aliphatic carbocycles. The Kier molecular flexibility index (Phi) is 5.87. The molecular formula is C9H20Si2. The lowest BCUT2D eigenvalue weighted by Crippen LogP contribution is -2.17. The van der Waals surface area contributed by atoms with Crippen molar-refractivity contribution in [1.82, 2.24) is 0 Å². The average Bonchev–Trinajstić information content (AvgIpc) is 1.85. The van der Waals surface area contributed by atoms with Gasteiger partial charge in [-0.25, -0.2) is 0 Å². The van der Waals surface area contributed by atoms with Crippen LogP contribution in [-0.2, 0) is 0 Å². The molecule has 64 valence electrons. The molecule has 0 aromatic heterocycles. The second-order valence-corrected chi connectivity index (χ2v) is 11.2. The molecule has 0 bridgehead atoms. The minimum Gasteiger partial charge on any atom is -0.0919 e. The van der Waals surface area contributed by atoms with Crippen LogP contribution in [0.5, 0.6) is 0 Å². The molecule has 0 nitrogen and oxygen atoms in total. The van der Waals surface area contributed by atoms with E-state index in [-0.39, 0.29) is 0 Å². The summed E-state index contributed by atoms with van der Waals surface area (Å²) in [6.45, 7) is 9.50. The van der Waals surface area contributed by atoms with Gasteiger partial charge in [-0.2, -0.15) is 0 Å². The van der Waals surface area contributed by atoms with Gasteiger partial charge in [-0.05, 0) is 12.1 Å². The van der Waals surface area contributed by atoms with Crippen molar-refractivity contribution in [2.75, 3.05) is 0 Å². The Labute approximate surface area is 74.9 Å². The Morgan fingerprint density at radius 3 is 2.27 bits per heavy atom. The summed E-state index contributed by atoms with van der Waals surface area (Å²) in [5.41, 5.74) is 0. The van der Waals surface area contributed by atoms with Gasteiger partial charge in [0.1, 0.15) is 0 Å². The van der Waals surface area contributed by atoms with Gasteiger partial charge in [-0.15, -0.1) is 0 Å². The molecule has 0 fully saturated rings. The third-order valence-corrected chi connectivity index (χ3v) is 3.89. The Hall–Kier alpha value is 0.174. The molecule has 0 saturated carbocycles. The van der Waals surface area contributed by atoms with Gasteiger partial charge in [0.15, 0.2) is 0 Å². The molecule has 2 radical (unpaired) electrons. The second-order valence-electron chi connectivity index (χ2n) is 4.04. The molecule has 0 spiro atoms. The van der Waals surface area contributed by atoms with Crippen molar-refractivity contribution < 1.29 is 0 Å². The van der Waals surface area contributed by atoms with Gasteiger partial charge in [0, 0.05) is 17.6 Å². The zero-order valence-electron chi connectivity index (χ0n) is 8.28. The largest absolute Gasteiger partial charge is 0.0919 e. The van der Waals surface area contributed by atoms with Crippen LogP contribution in [0.3, 0.4) is 0 Å². The van der Waals surface area contributed by atoms with Crippen LogP contribution in [0.15, 0.2) is 12.2 Å². The summed E-state index contributed by atoms with van der Waals surface area (Å²) in [6, 6.07) is 4.00. The normalized spacial score (nSPS) is 12.7. The Morgan fingerprint density at radius 2 is 1.82 bits per heavy atom. The third-order valence-electron chi connectivity index (χ3n) is 1.41. The molecule has 0 aromatic carbocycles. The van der Waals surface area contributed by atoms with E-state index in [2.05, 4.69) is 38.7 Å². The van der Waals surface area contributed by atoms with E-state index in [0.29, 0.717) is 0 Å². The van der Waals surface area contributed by atoms with E-state index in [1.54, 1.807) is 0 Å². The average molecular weight is 184 g/mol. The second kappa shape index (κ2) is 5.78. The maximum Gasteiger partial charge on any atom is 0.0480 e. The lowest BCUT2D eigenvalue weighted by molar-refractivity contribution is 1.41. The van der Waals surface area contributed by atoms with Crippen molar-refractivity contribution in [2.45, 2.75) is 44.7 Å². The van der Waals surface area contributed by atoms with Crippen molar-refractivity contribution in [3.05, 3.63) is 12.2 Å². The summed E-state index contributed by atoms with van der Waals surface area (Å²) in [5.74, 6) is 0. The van der Waals surface area contributed by atoms with Gasteiger partial charge in [0.25, 0.3) is 0 Å². The predicted molar refractivity (Wildman–Crippen MR) is 58.3 cm³/mol. The summed E-state index contributed by atoms with van der Waals surface area (Å²) in [7, 11) is 0.336. The highest BCUT2D eigenvalue weighted by Gasteiger charge is 2.08. The van der Waals surface area contributed by atoms with E-state index < -0.39 is 8.07 Å². The van der Waals surface area contributed by atoms with E-state index in [0.717, 1.165) is 9.52 Å². The van der Waals surface area contributed by atoms with E-state index in [1.807, 2.05) is 0 Å². The lowest BCUT2D eigenvalue weighted by atomic mass is 10.6. The van der Waals surface area contributed by atoms with Crippen LogP contribution in [0, 0.1) is 0 Å². The standard InChI is InChI=1S/C9H20Si2/c1-5-10-8-6-7-9-11(2,3)4/h6-7H,5,8-9H2,1-4H3/b7-6-. The van der Waals surface area contributed by atoms with Gasteiger partial charge >= 0.3 is 0 Å². The van der Waals surface area contributed by atoms with Crippen molar-refractivity contribution in [3.8, 4) is 0 Å². The van der Waals surface area contributed by atoms with Crippen LogP contribution in [0.4, 0.5) is 0 Å². The van der Waals surface area contributed by atoms with Crippen molar-refractivity contribution in [2.24, 2.45) is 0 Å². The predicted octanol–water partition coefficient (Wildman–Crippen LogP) is 3.44. The smallest absolute Gasteiger partial charge is 0.0480 e. The van der Waals surface area contributed by atoms with Crippen LogP contribution >= 0.6 is 0 Å². The molecule has 0 saturated heterocycles. The number of hydrogen-bond donors (Lipinski definition) is 0. The highest BCUT2D eigenvalue weighted by Crippen LogP contribution is 2.08. The zero-order valence-corrected chi connectivity index (χ0v) is 10.3. The molecular weight excluding hydrogens is 164 g/mol. The minimum absolute atomic E-state index is 0.801. The maximum absolute atomic E-state index is 2.42. The first kappa shape index (κ1) is 11.2. The zero-order chi connectivity index (χ0) is 8.74. The van der Waals surface area contributed by atoms with Gasteiger partial charge in [0.05, 0.1) is 0 Å². The third kappa shape index (κ3) is 10.2. The van der Waals surface area contributed by atoms with E-state index in [9.17, 15) is 0 Å². The summed E-state index contributed by atoms with van der Waals surface area (Å²) in [4.78, 5) is 0.